The normalized spacial score (nSPS) is 16.6. The number of hydrogen-bond acceptors (Lipinski definition) is 2. The number of benzene rings is 1. The lowest BCUT2D eigenvalue weighted by atomic mass is 9.87. The van der Waals surface area contributed by atoms with Crippen LogP contribution in [0.3, 0.4) is 0 Å². The average Bonchev–Trinajstić information content (AvgIpc) is 3.46. The first-order chi connectivity index (χ1) is 13.2. The van der Waals surface area contributed by atoms with Gasteiger partial charge in [-0.1, -0.05) is 24.3 Å². The van der Waals surface area contributed by atoms with Crippen LogP contribution in [0.5, 0.6) is 0 Å². The number of carbonyl (C=O) groups is 1. The molecule has 1 amide bonds. The molecule has 1 atom stereocenters. The Labute approximate surface area is 159 Å². The van der Waals surface area contributed by atoms with Crippen LogP contribution in [-0.2, 0) is 6.18 Å². The second kappa shape index (κ2) is 7.85. The zero-order valence-corrected chi connectivity index (χ0v) is 14.8. The average molecular weight is 398 g/mol. The van der Waals surface area contributed by atoms with Crippen LogP contribution < -0.4 is 5.32 Å². The zero-order chi connectivity index (χ0) is 20.4. The molecule has 0 radical (unpaired) electrons. The van der Waals surface area contributed by atoms with E-state index in [9.17, 15) is 26.7 Å². The van der Waals surface area contributed by atoms with E-state index in [4.69, 9.17) is 0 Å². The van der Waals surface area contributed by atoms with Crippen molar-refractivity contribution in [2.24, 2.45) is 5.41 Å². The smallest absolute Gasteiger partial charge is 0.351 e. The Morgan fingerprint density at radius 2 is 1.79 bits per heavy atom. The molecule has 3 rings (SSSR count). The number of hydrogen-bond donors (Lipinski definition) is 1. The monoisotopic (exact) mass is 398 g/mol. The number of nitrogens with one attached hydrogen (secondary N) is 1. The van der Waals surface area contributed by atoms with Gasteiger partial charge < -0.3 is 5.32 Å². The molecule has 0 bridgehead atoms. The molecule has 1 fully saturated rings. The summed E-state index contributed by atoms with van der Waals surface area (Å²) in [6, 6.07) is 10.5. The molecule has 8 heteroatoms. The maximum atomic E-state index is 13.4. The van der Waals surface area contributed by atoms with Gasteiger partial charge in [0.25, 0.3) is 5.91 Å². The molecule has 28 heavy (non-hydrogen) atoms. The van der Waals surface area contributed by atoms with Crippen LogP contribution in [-0.4, -0.2) is 23.9 Å². The fraction of sp³-hybridized carbons (Fsp3) is 0.400. The third-order valence-electron chi connectivity index (χ3n) is 5.10. The highest BCUT2D eigenvalue weighted by Crippen LogP contribution is 2.56. The second-order valence-electron chi connectivity index (χ2n) is 7.11. The summed E-state index contributed by atoms with van der Waals surface area (Å²) >= 11 is 0. The summed E-state index contributed by atoms with van der Waals surface area (Å²) in [5, 5.41) is 2.70. The number of pyridine rings is 1. The number of aromatic nitrogens is 1. The molecule has 0 saturated heterocycles. The highest BCUT2D eigenvalue weighted by Gasteiger charge is 2.52. The van der Waals surface area contributed by atoms with E-state index in [1.807, 2.05) is 0 Å². The fourth-order valence-corrected chi connectivity index (χ4v) is 3.19. The third kappa shape index (κ3) is 4.66. The molecule has 0 aliphatic heterocycles. The summed E-state index contributed by atoms with van der Waals surface area (Å²) in [6.45, 7) is 0.0369. The minimum Gasteiger partial charge on any atom is -0.351 e. The number of alkyl halides is 5. The van der Waals surface area contributed by atoms with Crippen LogP contribution in [0.2, 0.25) is 0 Å². The van der Waals surface area contributed by atoms with Crippen LogP contribution in [0, 0.1) is 5.41 Å². The number of carbonyl (C=O) groups excluding carboxylic acids is 1. The molecule has 1 aliphatic carbocycles. The zero-order valence-electron chi connectivity index (χ0n) is 14.8. The van der Waals surface area contributed by atoms with E-state index in [2.05, 4.69) is 10.3 Å². The van der Waals surface area contributed by atoms with Crippen LogP contribution in [0.1, 0.15) is 46.8 Å². The van der Waals surface area contributed by atoms with Crippen LogP contribution >= 0.6 is 0 Å². The van der Waals surface area contributed by atoms with Gasteiger partial charge in [0, 0.05) is 29.6 Å². The van der Waals surface area contributed by atoms with Crippen LogP contribution in [0.25, 0.3) is 0 Å². The van der Waals surface area contributed by atoms with E-state index in [1.54, 1.807) is 30.3 Å². The molecule has 2 aromatic rings. The molecule has 150 valence electrons. The summed E-state index contributed by atoms with van der Waals surface area (Å²) in [7, 11) is 0. The van der Waals surface area contributed by atoms with E-state index in [0.717, 1.165) is 12.3 Å². The fourth-order valence-electron chi connectivity index (χ4n) is 3.19. The van der Waals surface area contributed by atoms with Crippen molar-refractivity contribution >= 4 is 5.91 Å². The Bertz CT molecular complexity index is 802. The van der Waals surface area contributed by atoms with Gasteiger partial charge >= 0.3 is 6.18 Å². The molecular weight excluding hydrogens is 379 g/mol. The molecule has 1 aromatic heterocycles. The number of amides is 1. The first kappa shape index (κ1) is 20.2. The van der Waals surface area contributed by atoms with Crippen molar-refractivity contribution in [3.63, 3.8) is 0 Å². The summed E-state index contributed by atoms with van der Waals surface area (Å²) < 4.78 is 65.0. The number of halogens is 5. The minimum atomic E-state index is -4.57. The standard InChI is InChI=1S/C20H19F5N2O/c21-18(22)19(8-9-19)10-15(12-27-17(28)13-4-2-1-3-5-13)14-6-7-16(26-11-14)20(23,24)25/h1-7,11,15,18H,8-10,12H2,(H,27,28). The van der Waals surface area contributed by atoms with Crippen molar-refractivity contribution in [2.45, 2.75) is 37.8 Å². The Hall–Kier alpha value is -2.51. The van der Waals surface area contributed by atoms with Gasteiger partial charge in [0.1, 0.15) is 5.69 Å². The van der Waals surface area contributed by atoms with E-state index < -0.39 is 29.6 Å². The quantitative estimate of drug-likeness (QED) is 0.664. The molecule has 0 spiro atoms. The van der Waals surface area contributed by atoms with Crippen LogP contribution in [0.4, 0.5) is 22.0 Å². The lowest BCUT2D eigenvalue weighted by molar-refractivity contribution is -0.141. The van der Waals surface area contributed by atoms with E-state index in [0.29, 0.717) is 24.0 Å². The van der Waals surface area contributed by atoms with Gasteiger partial charge in [0.2, 0.25) is 6.43 Å². The summed E-state index contributed by atoms with van der Waals surface area (Å²) in [4.78, 5) is 15.7. The van der Waals surface area contributed by atoms with Gasteiger partial charge in [-0.2, -0.15) is 13.2 Å². The molecule has 1 aliphatic rings. The number of rotatable bonds is 7. The van der Waals surface area contributed by atoms with E-state index in [1.165, 1.54) is 6.07 Å². The Morgan fingerprint density at radius 1 is 1.11 bits per heavy atom. The molecule has 1 unspecified atom stereocenters. The lowest BCUT2D eigenvalue weighted by Crippen LogP contribution is -2.30. The Balaban J connectivity index is 1.76. The van der Waals surface area contributed by atoms with Crippen molar-refractivity contribution < 1.29 is 26.7 Å². The molecule has 3 nitrogen and oxygen atoms in total. The second-order valence-corrected chi connectivity index (χ2v) is 7.11. The van der Waals surface area contributed by atoms with Crippen molar-refractivity contribution in [3.8, 4) is 0 Å². The maximum Gasteiger partial charge on any atom is 0.433 e. The predicted octanol–water partition coefficient (Wildman–Crippen LogP) is 5.05. The van der Waals surface area contributed by atoms with E-state index in [-0.39, 0.29) is 18.9 Å². The van der Waals surface area contributed by atoms with Gasteiger partial charge in [-0.3, -0.25) is 9.78 Å². The molecule has 1 heterocycles. The number of nitrogens with zero attached hydrogens (tertiary/aromatic N) is 1. The highest BCUT2D eigenvalue weighted by atomic mass is 19.4. The first-order valence-electron chi connectivity index (χ1n) is 8.86. The van der Waals surface area contributed by atoms with Gasteiger partial charge in [-0.15, -0.1) is 0 Å². The van der Waals surface area contributed by atoms with Gasteiger partial charge in [-0.25, -0.2) is 8.78 Å². The SMILES string of the molecule is O=C(NCC(CC1(C(F)F)CC1)c1ccc(C(F)(F)F)nc1)c1ccccc1. The lowest BCUT2D eigenvalue weighted by Gasteiger charge is -2.24. The minimum absolute atomic E-state index is 0.0369. The predicted molar refractivity (Wildman–Crippen MR) is 93.0 cm³/mol. The first-order valence-corrected chi connectivity index (χ1v) is 8.86. The van der Waals surface area contributed by atoms with Crippen molar-refractivity contribution in [1.82, 2.24) is 10.3 Å². The van der Waals surface area contributed by atoms with Crippen molar-refractivity contribution in [1.29, 1.82) is 0 Å². The largest absolute Gasteiger partial charge is 0.433 e. The molecular formula is C20H19F5N2O. The third-order valence-corrected chi connectivity index (χ3v) is 5.10. The van der Waals surface area contributed by atoms with Gasteiger partial charge in [0.05, 0.1) is 0 Å². The van der Waals surface area contributed by atoms with Crippen LogP contribution in [0.15, 0.2) is 48.7 Å². The summed E-state index contributed by atoms with van der Waals surface area (Å²) in [5.74, 6) is -0.925. The van der Waals surface area contributed by atoms with Crippen molar-refractivity contribution in [3.05, 3.63) is 65.5 Å². The molecule has 1 saturated carbocycles. The summed E-state index contributed by atoms with van der Waals surface area (Å²) in [5.41, 5.74) is -1.36. The van der Waals surface area contributed by atoms with Crippen molar-refractivity contribution in [2.75, 3.05) is 6.54 Å². The molecule has 1 N–H and O–H groups in total. The summed E-state index contributed by atoms with van der Waals surface area (Å²) in [6.07, 6.45) is -5.22. The maximum absolute atomic E-state index is 13.4. The molecule has 1 aromatic carbocycles. The highest BCUT2D eigenvalue weighted by molar-refractivity contribution is 5.94. The van der Waals surface area contributed by atoms with E-state index >= 15 is 0 Å². The van der Waals surface area contributed by atoms with Gasteiger partial charge in [0.15, 0.2) is 0 Å². The Morgan fingerprint density at radius 3 is 2.29 bits per heavy atom. The Kier molecular flexibility index (Phi) is 5.67. The topological polar surface area (TPSA) is 42.0 Å². The van der Waals surface area contributed by atoms with Gasteiger partial charge in [-0.05, 0) is 43.0 Å².